The quantitative estimate of drug-likeness (QED) is 0.135. The van der Waals surface area contributed by atoms with E-state index in [9.17, 15) is 14.4 Å². The molecule has 1 aromatic heterocycles. The Hall–Kier alpha value is -3.92. The lowest BCUT2D eigenvalue weighted by Crippen LogP contribution is -2.29. The third-order valence-corrected chi connectivity index (χ3v) is 9.79. The first-order valence-electron chi connectivity index (χ1n) is 15.0. The first-order valence-corrected chi connectivity index (χ1v) is 16.7. The van der Waals surface area contributed by atoms with Crippen LogP contribution in [0.2, 0.25) is 0 Å². The minimum atomic E-state index is -0.606. The number of methoxy groups -OCH3 is 1. The van der Waals surface area contributed by atoms with Gasteiger partial charge in [0.1, 0.15) is 10.3 Å². The zero-order valence-electron chi connectivity index (χ0n) is 26.1. The number of ether oxygens (including phenoxy) is 1. The normalized spacial score (nSPS) is 13.9. The third-order valence-electron chi connectivity index (χ3n) is 7.41. The second-order valence-electron chi connectivity index (χ2n) is 12.4. The van der Waals surface area contributed by atoms with Crippen LogP contribution in [0.15, 0.2) is 89.8 Å². The van der Waals surface area contributed by atoms with Crippen LogP contribution in [0.4, 0.5) is 10.7 Å². The number of benzene rings is 3. The monoisotopic (exact) mass is 641 g/mol. The molecule has 4 aromatic rings. The molecule has 0 saturated heterocycles. The zero-order valence-corrected chi connectivity index (χ0v) is 27.7. The van der Waals surface area contributed by atoms with E-state index in [0.717, 1.165) is 34.0 Å². The predicted molar refractivity (Wildman–Crippen MR) is 183 cm³/mol. The number of nitrogens with one attached hydrogen (secondary N) is 2. The molecule has 5 rings (SSSR count). The number of carbonyl (C=O) groups is 3. The lowest BCUT2D eigenvalue weighted by Gasteiger charge is -2.27. The SMILES string of the molecule is COC(=O)c1c(NC(=O)C(Sc2cccc(NC(=O)CC(C)(C)C)c2)c2ccccc2)sc2c1CCN(Cc1ccccc1)C2. The number of hydrogen-bond acceptors (Lipinski definition) is 7. The number of thiophene rings is 1. The van der Waals surface area contributed by atoms with E-state index in [1.807, 2.05) is 93.6 Å². The van der Waals surface area contributed by atoms with Gasteiger partial charge in [-0.05, 0) is 46.7 Å². The molecular weight excluding hydrogens is 603 g/mol. The highest BCUT2D eigenvalue weighted by Crippen LogP contribution is 2.41. The Labute approximate surface area is 273 Å². The molecule has 0 saturated carbocycles. The van der Waals surface area contributed by atoms with Gasteiger partial charge in [0.2, 0.25) is 11.8 Å². The zero-order chi connectivity index (χ0) is 32.0. The summed E-state index contributed by atoms with van der Waals surface area (Å²) in [5, 5.41) is 6.01. The second kappa shape index (κ2) is 14.5. The average Bonchev–Trinajstić information content (AvgIpc) is 3.36. The van der Waals surface area contributed by atoms with Crippen molar-refractivity contribution in [2.75, 3.05) is 24.3 Å². The van der Waals surface area contributed by atoms with Crippen molar-refractivity contribution < 1.29 is 19.1 Å². The molecule has 7 nitrogen and oxygen atoms in total. The Morgan fingerprint density at radius 1 is 0.956 bits per heavy atom. The van der Waals surface area contributed by atoms with Crippen LogP contribution in [0, 0.1) is 5.41 Å². The summed E-state index contributed by atoms with van der Waals surface area (Å²) in [4.78, 5) is 43.9. The Bertz CT molecular complexity index is 1650. The molecule has 1 aliphatic rings. The van der Waals surface area contributed by atoms with Crippen molar-refractivity contribution in [1.29, 1.82) is 0 Å². The fourth-order valence-corrected chi connectivity index (χ4v) is 7.75. The highest BCUT2D eigenvalue weighted by molar-refractivity contribution is 8.00. The molecule has 3 aromatic carbocycles. The fourth-order valence-electron chi connectivity index (χ4n) is 5.39. The predicted octanol–water partition coefficient (Wildman–Crippen LogP) is 7.94. The molecule has 1 atom stereocenters. The number of nitrogens with zero attached hydrogens (tertiary/aromatic N) is 1. The van der Waals surface area contributed by atoms with E-state index in [4.69, 9.17) is 4.74 Å². The van der Waals surface area contributed by atoms with Crippen LogP contribution in [-0.2, 0) is 33.8 Å². The van der Waals surface area contributed by atoms with Crippen molar-refractivity contribution in [2.45, 2.75) is 56.8 Å². The van der Waals surface area contributed by atoms with E-state index >= 15 is 0 Å². The van der Waals surface area contributed by atoms with E-state index in [1.54, 1.807) is 0 Å². The summed E-state index contributed by atoms with van der Waals surface area (Å²) in [6.07, 6.45) is 1.10. The molecular formula is C36H39N3O4S2. The molecule has 2 amide bonds. The summed E-state index contributed by atoms with van der Waals surface area (Å²) in [7, 11) is 1.37. The van der Waals surface area contributed by atoms with Gasteiger partial charge in [-0.15, -0.1) is 23.1 Å². The fraction of sp³-hybridized carbons (Fsp3) is 0.306. The van der Waals surface area contributed by atoms with Crippen molar-refractivity contribution in [1.82, 2.24) is 4.90 Å². The standard InChI is InChI=1S/C36H39N3O4S2/c1-36(2,3)21-30(40)37-26-16-11-17-27(20-26)44-32(25-14-9-6-10-15-25)33(41)38-34-31(35(42)43-4)28-18-19-39(23-29(28)45-34)22-24-12-7-5-8-13-24/h5-17,20,32H,18-19,21-23H2,1-4H3,(H,37,40)(H,38,41). The van der Waals surface area contributed by atoms with Crippen LogP contribution in [0.5, 0.6) is 0 Å². The first kappa shape index (κ1) is 32.5. The molecule has 2 heterocycles. The number of rotatable bonds is 10. The minimum absolute atomic E-state index is 0.0543. The highest BCUT2D eigenvalue weighted by atomic mass is 32.2. The van der Waals surface area contributed by atoms with Crippen LogP contribution in [0.3, 0.4) is 0 Å². The first-order chi connectivity index (χ1) is 21.6. The number of hydrogen-bond donors (Lipinski definition) is 2. The van der Waals surface area contributed by atoms with Gasteiger partial charge in [-0.2, -0.15) is 0 Å². The number of fused-ring (bicyclic) bond motifs is 1. The summed E-state index contributed by atoms with van der Waals surface area (Å²) in [5.74, 6) is -0.735. The van der Waals surface area contributed by atoms with Gasteiger partial charge in [-0.3, -0.25) is 14.5 Å². The third kappa shape index (κ3) is 8.63. The molecule has 2 N–H and O–H groups in total. The molecule has 0 radical (unpaired) electrons. The van der Waals surface area contributed by atoms with Gasteiger partial charge in [-0.1, -0.05) is 87.5 Å². The second-order valence-corrected chi connectivity index (χ2v) is 14.6. The van der Waals surface area contributed by atoms with Gasteiger partial charge in [0.25, 0.3) is 0 Å². The van der Waals surface area contributed by atoms with Gasteiger partial charge in [-0.25, -0.2) is 4.79 Å². The topological polar surface area (TPSA) is 87.7 Å². The number of anilines is 2. The average molecular weight is 642 g/mol. The lowest BCUT2D eigenvalue weighted by atomic mass is 9.92. The molecule has 1 aliphatic heterocycles. The van der Waals surface area contributed by atoms with E-state index in [2.05, 4.69) is 27.7 Å². The van der Waals surface area contributed by atoms with E-state index < -0.39 is 11.2 Å². The summed E-state index contributed by atoms with van der Waals surface area (Å²) < 4.78 is 5.18. The number of esters is 1. The largest absolute Gasteiger partial charge is 0.465 e. The van der Waals surface area contributed by atoms with Crippen molar-refractivity contribution >= 4 is 51.6 Å². The smallest absolute Gasteiger partial charge is 0.341 e. The van der Waals surface area contributed by atoms with Gasteiger partial charge in [0.15, 0.2) is 0 Å². The van der Waals surface area contributed by atoms with E-state index in [-0.39, 0.29) is 17.2 Å². The Morgan fingerprint density at radius 3 is 2.36 bits per heavy atom. The molecule has 9 heteroatoms. The number of carbonyl (C=O) groups excluding carboxylic acids is 3. The molecule has 0 spiro atoms. The van der Waals surface area contributed by atoms with Crippen LogP contribution < -0.4 is 10.6 Å². The molecule has 234 valence electrons. The molecule has 1 unspecified atom stereocenters. The maximum atomic E-state index is 14.1. The Morgan fingerprint density at radius 2 is 1.67 bits per heavy atom. The summed E-state index contributed by atoms with van der Waals surface area (Å²) in [6, 6.07) is 27.4. The van der Waals surface area contributed by atoms with E-state index in [0.29, 0.717) is 35.6 Å². The van der Waals surface area contributed by atoms with Crippen LogP contribution in [-0.4, -0.2) is 36.3 Å². The van der Waals surface area contributed by atoms with Crippen LogP contribution in [0.25, 0.3) is 0 Å². The minimum Gasteiger partial charge on any atom is -0.465 e. The van der Waals surface area contributed by atoms with Crippen molar-refractivity contribution in [3.05, 3.63) is 112 Å². The van der Waals surface area contributed by atoms with Crippen molar-refractivity contribution in [3.63, 3.8) is 0 Å². The summed E-state index contributed by atoms with van der Waals surface area (Å²) in [5.41, 5.74) is 4.02. The van der Waals surface area contributed by atoms with Crippen LogP contribution >= 0.6 is 23.1 Å². The maximum Gasteiger partial charge on any atom is 0.341 e. The summed E-state index contributed by atoms with van der Waals surface area (Å²) >= 11 is 2.85. The van der Waals surface area contributed by atoms with Gasteiger partial charge in [0, 0.05) is 41.5 Å². The van der Waals surface area contributed by atoms with Gasteiger partial charge >= 0.3 is 5.97 Å². The van der Waals surface area contributed by atoms with Crippen LogP contribution in [0.1, 0.15) is 64.4 Å². The molecule has 0 fully saturated rings. The molecule has 0 bridgehead atoms. The lowest BCUT2D eigenvalue weighted by molar-refractivity contribution is -0.118. The number of amides is 2. The molecule has 0 aliphatic carbocycles. The molecule has 45 heavy (non-hydrogen) atoms. The Kier molecular flexibility index (Phi) is 10.4. The Balaban J connectivity index is 1.38. The van der Waals surface area contributed by atoms with Gasteiger partial charge in [0.05, 0.1) is 12.7 Å². The highest BCUT2D eigenvalue weighted by Gasteiger charge is 2.31. The van der Waals surface area contributed by atoms with Gasteiger partial charge < -0.3 is 15.4 Å². The van der Waals surface area contributed by atoms with Crippen molar-refractivity contribution in [2.24, 2.45) is 5.41 Å². The van der Waals surface area contributed by atoms with E-state index in [1.165, 1.54) is 35.8 Å². The maximum absolute atomic E-state index is 14.1. The van der Waals surface area contributed by atoms with Crippen molar-refractivity contribution in [3.8, 4) is 0 Å². The summed E-state index contributed by atoms with van der Waals surface area (Å²) in [6.45, 7) is 8.39. The number of thioether (sulfide) groups is 1.